The van der Waals surface area contributed by atoms with E-state index in [9.17, 15) is 5.11 Å². The van der Waals surface area contributed by atoms with Crippen molar-refractivity contribution in [1.29, 1.82) is 0 Å². The molecule has 0 heterocycles. The Morgan fingerprint density at radius 3 is 2.36 bits per heavy atom. The third kappa shape index (κ3) is 6.28. The van der Waals surface area contributed by atoms with E-state index in [1.807, 2.05) is 0 Å². The van der Waals surface area contributed by atoms with E-state index in [2.05, 4.69) is 6.92 Å². The molecule has 0 spiro atoms. The van der Waals surface area contributed by atoms with Gasteiger partial charge in [0, 0.05) is 13.0 Å². The molecule has 1 atom stereocenters. The van der Waals surface area contributed by atoms with Crippen LogP contribution in [0, 0.1) is 0 Å². The fraction of sp³-hybridized carbons (Fsp3) is 1.00. The molecule has 0 fully saturated rings. The average Bonchev–Trinajstić information content (AvgIpc) is 1.87. The van der Waals surface area contributed by atoms with Crippen LogP contribution >= 0.6 is 0 Å². The van der Waals surface area contributed by atoms with Crippen molar-refractivity contribution in [2.45, 2.75) is 44.8 Å². The standard InChI is InChI=1S/C8H19NO2/c1-2-3-4-5-8(9,11)6-7-10/h10-11H,2-7,9H2,1H3. The van der Waals surface area contributed by atoms with E-state index in [1.165, 1.54) is 0 Å². The maximum Gasteiger partial charge on any atom is 0.115 e. The molecule has 0 bridgehead atoms. The minimum atomic E-state index is -1.15. The van der Waals surface area contributed by atoms with Gasteiger partial charge in [-0.1, -0.05) is 19.8 Å². The van der Waals surface area contributed by atoms with Crippen LogP contribution in [0.15, 0.2) is 0 Å². The van der Waals surface area contributed by atoms with Gasteiger partial charge in [-0.2, -0.15) is 0 Å². The second-order valence-electron chi connectivity index (χ2n) is 3.03. The molecule has 0 saturated carbocycles. The molecule has 0 aromatic heterocycles. The molecule has 0 rings (SSSR count). The van der Waals surface area contributed by atoms with Gasteiger partial charge in [-0.3, -0.25) is 0 Å². The van der Waals surface area contributed by atoms with Crippen molar-refractivity contribution < 1.29 is 10.2 Å². The molecule has 0 aromatic rings. The van der Waals surface area contributed by atoms with Crippen LogP contribution in [0.4, 0.5) is 0 Å². The van der Waals surface area contributed by atoms with Crippen LogP contribution in [0.5, 0.6) is 0 Å². The summed E-state index contributed by atoms with van der Waals surface area (Å²) < 4.78 is 0. The first-order chi connectivity index (χ1) is 5.12. The molecular formula is C8H19NO2. The zero-order valence-electron chi connectivity index (χ0n) is 7.21. The largest absolute Gasteiger partial charge is 0.396 e. The number of nitrogens with two attached hydrogens (primary N) is 1. The van der Waals surface area contributed by atoms with E-state index < -0.39 is 5.72 Å². The Hall–Kier alpha value is -0.120. The first-order valence-electron chi connectivity index (χ1n) is 4.24. The zero-order chi connectivity index (χ0) is 8.74. The lowest BCUT2D eigenvalue weighted by Crippen LogP contribution is -2.40. The predicted molar refractivity (Wildman–Crippen MR) is 45.0 cm³/mol. The van der Waals surface area contributed by atoms with Gasteiger partial charge in [-0.05, 0) is 12.8 Å². The van der Waals surface area contributed by atoms with Crippen LogP contribution in [0.25, 0.3) is 0 Å². The summed E-state index contributed by atoms with van der Waals surface area (Å²) in [6.07, 6.45) is 4.00. The van der Waals surface area contributed by atoms with E-state index in [1.54, 1.807) is 0 Å². The Kier molecular flexibility index (Phi) is 5.46. The lowest BCUT2D eigenvalue weighted by atomic mass is 10.0. The van der Waals surface area contributed by atoms with Gasteiger partial charge in [-0.25, -0.2) is 0 Å². The Bertz CT molecular complexity index is 94.1. The second-order valence-corrected chi connectivity index (χ2v) is 3.03. The van der Waals surface area contributed by atoms with E-state index in [0.29, 0.717) is 6.42 Å². The second kappa shape index (κ2) is 5.52. The third-order valence-corrected chi connectivity index (χ3v) is 1.76. The van der Waals surface area contributed by atoms with Gasteiger partial charge in [0.15, 0.2) is 0 Å². The Morgan fingerprint density at radius 1 is 1.27 bits per heavy atom. The van der Waals surface area contributed by atoms with E-state index in [4.69, 9.17) is 10.8 Å². The summed E-state index contributed by atoms with van der Waals surface area (Å²) in [6, 6.07) is 0. The number of rotatable bonds is 6. The van der Waals surface area contributed by atoms with Crippen LogP contribution < -0.4 is 5.73 Å². The van der Waals surface area contributed by atoms with Gasteiger partial charge in [0.05, 0.1) is 0 Å². The van der Waals surface area contributed by atoms with Gasteiger partial charge in [0.25, 0.3) is 0 Å². The van der Waals surface area contributed by atoms with Crippen LogP contribution in [0.3, 0.4) is 0 Å². The van der Waals surface area contributed by atoms with Gasteiger partial charge in [-0.15, -0.1) is 0 Å². The summed E-state index contributed by atoms with van der Waals surface area (Å²) in [6.45, 7) is 2.06. The van der Waals surface area contributed by atoms with Crippen molar-refractivity contribution >= 4 is 0 Å². The van der Waals surface area contributed by atoms with Crippen LogP contribution in [0.1, 0.15) is 39.0 Å². The fourth-order valence-corrected chi connectivity index (χ4v) is 1.000. The molecule has 0 aromatic carbocycles. The first-order valence-corrected chi connectivity index (χ1v) is 4.24. The van der Waals surface area contributed by atoms with Gasteiger partial charge >= 0.3 is 0 Å². The summed E-state index contributed by atoms with van der Waals surface area (Å²) in [4.78, 5) is 0. The molecule has 1 unspecified atom stereocenters. The molecule has 0 aliphatic carbocycles. The summed E-state index contributed by atoms with van der Waals surface area (Å²) in [5.41, 5.74) is 4.31. The van der Waals surface area contributed by atoms with Crippen molar-refractivity contribution in [2.24, 2.45) is 5.73 Å². The summed E-state index contributed by atoms with van der Waals surface area (Å²) in [7, 11) is 0. The van der Waals surface area contributed by atoms with Crippen molar-refractivity contribution in [3.63, 3.8) is 0 Å². The predicted octanol–water partition coefficient (Wildman–Crippen LogP) is 0.596. The summed E-state index contributed by atoms with van der Waals surface area (Å²) >= 11 is 0. The molecule has 68 valence electrons. The van der Waals surface area contributed by atoms with E-state index in [0.717, 1.165) is 19.3 Å². The van der Waals surface area contributed by atoms with Crippen molar-refractivity contribution in [1.82, 2.24) is 0 Å². The zero-order valence-corrected chi connectivity index (χ0v) is 7.21. The highest BCUT2D eigenvalue weighted by atomic mass is 16.3. The van der Waals surface area contributed by atoms with E-state index in [-0.39, 0.29) is 13.0 Å². The highest BCUT2D eigenvalue weighted by molar-refractivity contribution is 4.69. The van der Waals surface area contributed by atoms with Crippen LogP contribution in [-0.4, -0.2) is 22.5 Å². The fourth-order valence-electron chi connectivity index (χ4n) is 1.000. The number of hydrogen-bond acceptors (Lipinski definition) is 3. The lowest BCUT2D eigenvalue weighted by molar-refractivity contribution is 0.0116. The molecule has 3 nitrogen and oxygen atoms in total. The van der Waals surface area contributed by atoms with E-state index >= 15 is 0 Å². The normalized spacial score (nSPS) is 16.4. The molecule has 0 amide bonds. The SMILES string of the molecule is CCCCCC(N)(O)CCO. The number of aliphatic hydroxyl groups is 2. The molecule has 4 N–H and O–H groups in total. The Morgan fingerprint density at radius 2 is 1.91 bits per heavy atom. The molecule has 0 radical (unpaired) electrons. The Labute approximate surface area is 68.2 Å². The molecule has 0 saturated heterocycles. The quantitative estimate of drug-likeness (QED) is 0.394. The smallest absolute Gasteiger partial charge is 0.115 e. The van der Waals surface area contributed by atoms with Crippen LogP contribution in [-0.2, 0) is 0 Å². The van der Waals surface area contributed by atoms with Crippen molar-refractivity contribution in [3.8, 4) is 0 Å². The monoisotopic (exact) mass is 161 g/mol. The molecule has 0 aliphatic rings. The molecule has 11 heavy (non-hydrogen) atoms. The van der Waals surface area contributed by atoms with Crippen molar-refractivity contribution in [2.75, 3.05) is 6.61 Å². The van der Waals surface area contributed by atoms with Gasteiger partial charge in [0.2, 0.25) is 0 Å². The highest BCUT2D eigenvalue weighted by Crippen LogP contribution is 2.12. The number of hydrogen-bond donors (Lipinski definition) is 3. The topological polar surface area (TPSA) is 66.5 Å². The molecular weight excluding hydrogens is 142 g/mol. The summed E-state index contributed by atoms with van der Waals surface area (Å²) in [5, 5.41) is 17.9. The lowest BCUT2D eigenvalue weighted by Gasteiger charge is -2.21. The maximum absolute atomic E-state index is 9.36. The summed E-state index contributed by atoms with van der Waals surface area (Å²) in [5.74, 6) is 0. The van der Waals surface area contributed by atoms with Crippen molar-refractivity contribution in [3.05, 3.63) is 0 Å². The maximum atomic E-state index is 9.36. The molecule has 0 aliphatic heterocycles. The van der Waals surface area contributed by atoms with Crippen LogP contribution in [0.2, 0.25) is 0 Å². The van der Waals surface area contributed by atoms with Gasteiger partial charge < -0.3 is 15.9 Å². The first kappa shape index (κ1) is 10.9. The third-order valence-electron chi connectivity index (χ3n) is 1.76. The van der Waals surface area contributed by atoms with Gasteiger partial charge in [0.1, 0.15) is 5.72 Å². The minimum Gasteiger partial charge on any atom is -0.396 e. The highest BCUT2D eigenvalue weighted by Gasteiger charge is 2.18. The minimum absolute atomic E-state index is 0.0425. The Balaban J connectivity index is 3.38. The number of unbranched alkanes of at least 4 members (excludes halogenated alkanes) is 2. The average molecular weight is 161 g/mol. The molecule has 3 heteroatoms. The number of aliphatic hydroxyl groups excluding tert-OH is 1.